The van der Waals surface area contributed by atoms with E-state index in [1.807, 2.05) is 0 Å². The van der Waals surface area contributed by atoms with Gasteiger partial charge in [0.25, 0.3) is 10.0 Å². The molecule has 1 heterocycles. The second-order valence-corrected chi connectivity index (χ2v) is 11.1. The monoisotopic (exact) mass is 454 g/mol. The van der Waals surface area contributed by atoms with Crippen LogP contribution in [0.2, 0.25) is 0 Å². The number of phenolic OH excluding ortho intramolecular Hbond substituents is 1. The number of carbonyl (C=O) groups is 1. The number of rotatable bonds is 6. The molecular formula is C19H22N2O7S2. The molecule has 11 heteroatoms. The van der Waals surface area contributed by atoms with E-state index in [2.05, 4.69) is 5.32 Å². The number of aliphatic hydroxyl groups excluding tert-OH is 1. The lowest BCUT2D eigenvalue weighted by Gasteiger charge is -2.31. The second-order valence-electron chi connectivity index (χ2n) is 7.09. The third-order valence-corrected chi connectivity index (χ3v) is 8.27. The number of nitrogens with one attached hydrogen (secondary N) is 1. The maximum Gasteiger partial charge on any atom is 0.264 e. The molecule has 1 saturated heterocycles. The third kappa shape index (κ3) is 4.74. The molecular weight excluding hydrogens is 432 g/mol. The molecule has 2 atom stereocenters. The maximum atomic E-state index is 13.4. The van der Waals surface area contributed by atoms with Crippen LogP contribution in [0.1, 0.15) is 12.5 Å². The van der Waals surface area contributed by atoms with E-state index in [0.717, 1.165) is 4.31 Å². The van der Waals surface area contributed by atoms with Gasteiger partial charge in [0, 0.05) is 19.5 Å². The van der Waals surface area contributed by atoms with Crippen molar-refractivity contribution in [2.45, 2.75) is 30.5 Å². The van der Waals surface area contributed by atoms with Crippen molar-refractivity contribution in [2.75, 3.05) is 15.8 Å². The first-order valence-electron chi connectivity index (χ1n) is 9.05. The van der Waals surface area contributed by atoms with Crippen molar-refractivity contribution in [3.63, 3.8) is 0 Å². The van der Waals surface area contributed by atoms with Crippen LogP contribution >= 0.6 is 0 Å². The Balaban J connectivity index is 2.03. The first-order chi connectivity index (χ1) is 14.0. The zero-order chi connectivity index (χ0) is 22.1. The second kappa shape index (κ2) is 8.25. The summed E-state index contributed by atoms with van der Waals surface area (Å²) in [4.78, 5) is 10.9. The summed E-state index contributed by atoms with van der Waals surface area (Å²) in [5, 5.41) is 22.7. The minimum Gasteiger partial charge on any atom is -0.508 e. The van der Waals surface area contributed by atoms with Crippen LogP contribution < -0.4 is 9.62 Å². The molecule has 30 heavy (non-hydrogen) atoms. The Hall–Kier alpha value is -2.63. The van der Waals surface area contributed by atoms with Gasteiger partial charge in [0.15, 0.2) is 9.84 Å². The van der Waals surface area contributed by atoms with E-state index < -0.39 is 43.5 Å². The van der Waals surface area contributed by atoms with Crippen LogP contribution in [0.25, 0.3) is 0 Å². The van der Waals surface area contributed by atoms with Gasteiger partial charge in [-0.05, 0) is 29.8 Å². The highest BCUT2D eigenvalue weighted by Crippen LogP contribution is 2.32. The number of sulfone groups is 1. The molecule has 0 aliphatic carbocycles. The number of aliphatic hydroxyl groups is 1. The number of aromatic hydroxyl groups is 1. The van der Waals surface area contributed by atoms with Crippen LogP contribution in [0.5, 0.6) is 5.75 Å². The van der Waals surface area contributed by atoms with Crippen molar-refractivity contribution in [3.05, 3.63) is 54.1 Å². The lowest BCUT2D eigenvalue weighted by atomic mass is 10.2. The van der Waals surface area contributed by atoms with Gasteiger partial charge in [0.2, 0.25) is 5.91 Å². The first kappa shape index (κ1) is 22.1. The van der Waals surface area contributed by atoms with E-state index in [0.29, 0.717) is 5.56 Å². The highest BCUT2D eigenvalue weighted by atomic mass is 32.2. The molecule has 3 rings (SSSR count). The number of anilines is 1. The van der Waals surface area contributed by atoms with Gasteiger partial charge < -0.3 is 15.5 Å². The Morgan fingerprint density at radius 3 is 2.37 bits per heavy atom. The van der Waals surface area contributed by atoms with E-state index in [9.17, 15) is 31.8 Å². The molecule has 1 aliphatic rings. The SMILES string of the molecule is CC(=O)NCc1ccc(S(=O)(=O)N(c2cccc(O)c2)[C@@H]2CS(=O)(=O)C[C@@H]2O)cc1. The Labute approximate surface area is 174 Å². The quantitative estimate of drug-likeness (QED) is 0.573. The van der Waals surface area contributed by atoms with Gasteiger partial charge in [-0.25, -0.2) is 16.8 Å². The van der Waals surface area contributed by atoms with Gasteiger partial charge in [-0.3, -0.25) is 9.10 Å². The number of nitrogens with zero attached hydrogens (tertiary/aromatic N) is 1. The molecule has 3 N–H and O–H groups in total. The van der Waals surface area contributed by atoms with Crippen molar-refractivity contribution in [1.29, 1.82) is 0 Å². The number of hydrogen-bond donors (Lipinski definition) is 3. The van der Waals surface area contributed by atoms with Gasteiger partial charge in [-0.15, -0.1) is 0 Å². The van der Waals surface area contributed by atoms with Crippen LogP contribution in [0, 0.1) is 0 Å². The van der Waals surface area contributed by atoms with Gasteiger partial charge in [-0.1, -0.05) is 18.2 Å². The number of phenols is 1. The standard InChI is InChI=1S/C19H22N2O7S2/c1-13(22)20-10-14-5-7-17(8-6-14)30(27,28)21(15-3-2-4-16(23)9-15)18-11-29(25,26)12-19(18)24/h2-9,18-19,23-24H,10-12H2,1H3,(H,20,22)/t18-,19+/m1/s1. The lowest BCUT2D eigenvalue weighted by Crippen LogP contribution is -2.47. The van der Waals surface area contributed by atoms with Gasteiger partial charge in [0.1, 0.15) is 5.75 Å². The van der Waals surface area contributed by atoms with Crippen molar-refractivity contribution in [1.82, 2.24) is 5.32 Å². The topological polar surface area (TPSA) is 141 Å². The molecule has 9 nitrogen and oxygen atoms in total. The predicted molar refractivity (Wildman–Crippen MR) is 110 cm³/mol. The lowest BCUT2D eigenvalue weighted by molar-refractivity contribution is -0.119. The van der Waals surface area contributed by atoms with Crippen LogP contribution in [0.15, 0.2) is 53.4 Å². The van der Waals surface area contributed by atoms with Crippen LogP contribution in [0.3, 0.4) is 0 Å². The van der Waals surface area contributed by atoms with Crippen LogP contribution in [-0.4, -0.2) is 56.6 Å². The van der Waals surface area contributed by atoms with Crippen LogP contribution in [0.4, 0.5) is 5.69 Å². The molecule has 0 bridgehead atoms. The Morgan fingerprint density at radius 1 is 1.17 bits per heavy atom. The summed E-state index contributed by atoms with van der Waals surface area (Å²) < 4.78 is 51.8. The molecule has 1 amide bonds. The molecule has 2 aromatic rings. The summed E-state index contributed by atoms with van der Waals surface area (Å²) >= 11 is 0. The zero-order valence-electron chi connectivity index (χ0n) is 16.1. The number of hydrogen-bond acceptors (Lipinski definition) is 7. The van der Waals surface area contributed by atoms with E-state index in [1.165, 1.54) is 55.5 Å². The fraction of sp³-hybridized carbons (Fsp3) is 0.316. The third-order valence-electron chi connectivity index (χ3n) is 4.70. The minimum atomic E-state index is -4.28. The number of benzene rings is 2. The van der Waals surface area contributed by atoms with E-state index >= 15 is 0 Å². The number of amides is 1. The predicted octanol–water partition coefficient (Wildman–Crippen LogP) is 0.381. The summed E-state index contributed by atoms with van der Waals surface area (Å²) in [6, 6.07) is 9.92. The van der Waals surface area contributed by atoms with Crippen molar-refractivity contribution >= 4 is 31.5 Å². The number of carbonyl (C=O) groups excluding carboxylic acids is 1. The van der Waals surface area contributed by atoms with Gasteiger partial charge in [0.05, 0.1) is 34.2 Å². The van der Waals surface area contributed by atoms with Gasteiger partial charge in [-0.2, -0.15) is 0 Å². The molecule has 2 aromatic carbocycles. The van der Waals surface area contributed by atoms with Crippen molar-refractivity contribution in [2.24, 2.45) is 0 Å². The smallest absolute Gasteiger partial charge is 0.264 e. The fourth-order valence-corrected chi connectivity index (χ4v) is 6.83. The molecule has 0 spiro atoms. The van der Waals surface area contributed by atoms with Gasteiger partial charge >= 0.3 is 0 Å². The Bertz CT molecular complexity index is 1150. The molecule has 1 aliphatic heterocycles. The minimum absolute atomic E-state index is 0.0403. The number of sulfonamides is 1. The summed E-state index contributed by atoms with van der Waals surface area (Å²) in [6.07, 6.45) is -1.41. The average molecular weight is 455 g/mol. The summed E-state index contributed by atoms with van der Waals surface area (Å²) in [6.45, 7) is 1.60. The summed E-state index contributed by atoms with van der Waals surface area (Å²) in [7, 11) is -7.91. The normalized spacial score (nSPS) is 20.6. The molecule has 0 unspecified atom stereocenters. The van der Waals surface area contributed by atoms with E-state index in [-0.39, 0.29) is 28.8 Å². The first-order valence-corrected chi connectivity index (χ1v) is 12.3. The molecule has 0 aromatic heterocycles. The average Bonchev–Trinajstić information content (AvgIpc) is 2.92. The largest absolute Gasteiger partial charge is 0.508 e. The van der Waals surface area contributed by atoms with E-state index in [1.54, 1.807) is 0 Å². The van der Waals surface area contributed by atoms with E-state index in [4.69, 9.17) is 0 Å². The zero-order valence-corrected chi connectivity index (χ0v) is 17.7. The summed E-state index contributed by atoms with van der Waals surface area (Å²) in [5.74, 6) is -1.51. The van der Waals surface area contributed by atoms with Crippen molar-refractivity contribution in [3.8, 4) is 5.75 Å². The van der Waals surface area contributed by atoms with Crippen LogP contribution in [-0.2, 0) is 31.2 Å². The maximum absolute atomic E-state index is 13.4. The highest BCUT2D eigenvalue weighted by molar-refractivity contribution is 7.93. The van der Waals surface area contributed by atoms with Crippen molar-refractivity contribution < 1.29 is 31.8 Å². The highest BCUT2D eigenvalue weighted by Gasteiger charge is 2.45. The molecule has 1 fully saturated rings. The Kier molecular flexibility index (Phi) is 6.06. The Morgan fingerprint density at radius 2 is 1.83 bits per heavy atom. The molecule has 0 saturated carbocycles. The molecule has 162 valence electrons. The summed E-state index contributed by atoms with van der Waals surface area (Å²) in [5.41, 5.74) is 0.718. The molecule has 0 radical (unpaired) electrons. The fourth-order valence-electron chi connectivity index (χ4n) is 3.29.